The predicted octanol–water partition coefficient (Wildman–Crippen LogP) is 5.29. The number of nitrogens with zero attached hydrogens (tertiary/aromatic N) is 2. The van der Waals surface area contributed by atoms with Gasteiger partial charge in [-0.05, 0) is 82.0 Å². The molecule has 1 saturated carbocycles. The van der Waals surface area contributed by atoms with Gasteiger partial charge < -0.3 is 10.0 Å². The predicted molar refractivity (Wildman–Crippen MR) is 119 cm³/mol. The summed E-state index contributed by atoms with van der Waals surface area (Å²) in [7, 11) is 2.21. The molecule has 0 amide bonds. The van der Waals surface area contributed by atoms with Crippen LogP contribution in [-0.2, 0) is 17.6 Å². The van der Waals surface area contributed by atoms with Crippen LogP contribution >= 0.6 is 11.3 Å². The second-order valence-electron chi connectivity index (χ2n) is 8.89. The number of hydrogen-bond acceptors (Lipinski definition) is 4. The lowest BCUT2D eigenvalue weighted by Gasteiger charge is -2.26. The lowest BCUT2D eigenvalue weighted by Crippen LogP contribution is -2.20. The molecule has 0 radical (unpaired) electrons. The Labute approximate surface area is 178 Å². The quantitative estimate of drug-likeness (QED) is 0.725. The molecule has 1 aliphatic heterocycles. The zero-order valence-electron chi connectivity index (χ0n) is 17.6. The van der Waals surface area contributed by atoms with Gasteiger partial charge in [-0.1, -0.05) is 12.1 Å². The average Bonchev–Trinajstić information content (AvgIpc) is 3.01. The van der Waals surface area contributed by atoms with E-state index >= 15 is 0 Å². The molecule has 1 aliphatic carbocycles. The molecule has 1 aromatic carbocycles. The lowest BCUT2D eigenvalue weighted by molar-refractivity contribution is -0.137. The topological polar surface area (TPSA) is 53.4 Å². The van der Waals surface area contributed by atoms with Gasteiger partial charge in [-0.2, -0.15) is 0 Å². The fraction of sp³-hybridized carbons (Fsp3) is 0.583. The Morgan fingerprint density at radius 3 is 2.62 bits per heavy atom. The first-order chi connectivity index (χ1) is 14.0. The maximum absolute atomic E-state index is 10.8. The number of hydrogen-bond donors (Lipinski definition) is 1. The van der Waals surface area contributed by atoms with Gasteiger partial charge in [-0.3, -0.25) is 4.79 Å². The van der Waals surface area contributed by atoms with Gasteiger partial charge in [0.05, 0.1) is 10.7 Å². The normalized spacial score (nSPS) is 22.8. The molecule has 0 bridgehead atoms. The molecule has 4 rings (SSSR count). The highest BCUT2D eigenvalue weighted by atomic mass is 32.1. The van der Waals surface area contributed by atoms with E-state index in [2.05, 4.69) is 37.1 Å². The minimum Gasteiger partial charge on any atom is -0.481 e. The Morgan fingerprint density at radius 2 is 1.90 bits per heavy atom. The van der Waals surface area contributed by atoms with E-state index in [1.165, 1.54) is 32.3 Å². The van der Waals surface area contributed by atoms with E-state index in [1.54, 1.807) is 0 Å². The molecule has 0 spiro atoms. The molecule has 4 nitrogen and oxygen atoms in total. The number of carboxylic acid groups (broad SMARTS) is 1. The van der Waals surface area contributed by atoms with Crippen LogP contribution < -0.4 is 0 Å². The molecular formula is C24H32N2O2S. The number of fused-ring (bicyclic) bond motifs is 1. The van der Waals surface area contributed by atoms with Crippen molar-refractivity contribution in [2.45, 2.75) is 64.2 Å². The van der Waals surface area contributed by atoms with Gasteiger partial charge in [0.15, 0.2) is 0 Å². The number of aliphatic carboxylic acids is 1. The van der Waals surface area contributed by atoms with Gasteiger partial charge >= 0.3 is 5.97 Å². The molecule has 5 heteroatoms. The molecule has 29 heavy (non-hydrogen) atoms. The number of aryl methyl sites for hydroxylation is 1. The van der Waals surface area contributed by atoms with Crippen LogP contribution in [0.5, 0.6) is 0 Å². The van der Waals surface area contributed by atoms with Gasteiger partial charge in [0, 0.05) is 35.9 Å². The van der Waals surface area contributed by atoms with Crippen LogP contribution in [0.25, 0.3) is 11.3 Å². The Kier molecular flexibility index (Phi) is 6.35. The molecule has 1 aromatic heterocycles. The van der Waals surface area contributed by atoms with Crippen molar-refractivity contribution in [3.8, 4) is 11.3 Å². The van der Waals surface area contributed by atoms with Crippen molar-refractivity contribution in [1.82, 2.24) is 9.88 Å². The minimum atomic E-state index is -0.667. The first-order valence-corrected chi connectivity index (χ1v) is 11.8. The SMILES string of the molecule is Cc1sc([C@H]2CC[C@H](CCC(=O)O)CC2)nc1-c1ccc2c(c1)CCN(C)CC2. The van der Waals surface area contributed by atoms with Crippen molar-refractivity contribution < 1.29 is 9.90 Å². The Bertz CT molecular complexity index is 868. The van der Waals surface area contributed by atoms with E-state index < -0.39 is 5.97 Å². The first kappa shape index (κ1) is 20.5. The highest BCUT2D eigenvalue weighted by Gasteiger charge is 2.26. The summed E-state index contributed by atoms with van der Waals surface area (Å²) in [6.45, 7) is 4.47. The van der Waals surface area contributed by atoms with E-state index in [0.717, 1.165) is 58.0 Å². The number of carboxylic acids is 1. The van der Waals surface area contributed by atoms with Gasteiger partial charge in [0.2, 0.25) is 0 Å². The van der Waals surface area contributed by atoms with E-state index in [9.17, 15) is 4.79 Å². The van der Waals surface area contributed by atoms with Crippen molar-refractivity contribution in [2.24, 2.45) is 5.92 Å². The lowest BCUT2D eigenvalue weighted by atomic mass is 9.80. The zero-order chi connectivity index (χ0) is 20.4. The largest absolute Gasteiger partial charge is 0.481 e. The summed E-state index contributed by atoms with van der Waals surface area (Å²) in [6, 6.07) is 6.96. The zero-order valence-corrected chi connectivity index (χ0v) is 18.4. The molecule has 2 heterocycles. The van der Waals surface area contributed by atoms with Crippen LogP contribution in [-0.4, -0.2) is 41.1 Å². The Morgan fingerprint density at radius 1 is 1.17 bits per heavy atom. The maximum atomic E-state index is 10.8. The summed E-state index contributed by atoms with van der Waals surface area (Å²) >= 11 is 1.86. The molecular weight excluding hydrogens is 380 g/mol. The van der Waals surface area contributed by atoms with Crippen LogP contribution in [0.1, 0.15) is 65.5 Å². The summed E-state index contributed by atoms with van der Waals surface area (Å²) in [5.74, 6) is 0.452. The van der Waals surface area contributed by atoms with E-state index in [4.69, 9.17) is 10.1 Å². The van der Waals surface area contributed by atoms with Crippen molar-refractivity contribution in [3.05, 3.63) is 39.2 Å². The third-order valence-electron chi connectivity index (χ3n) is 6.78. The van der Waals surface area contributed by atoms with E-state index in [0.29, 0.717) is 18.3 Å². The van der Waals surface area contributed by atoms with Gasteiger partial charge in [-0.25, -0.2) is 4.98 Å². The first-order valence-electron chi connectivity index (χ1n) is 11.0. The molecule has 1 fully saturated rings. The molecule has 1 N–H and O–H groups in total. The number of thiazole rings is 1. The van der Waals surface area contributed by atoms with Crippen molar-refractivity contribution >= 4 is 17.3 Å². The molecule has 0 saturated heterocycles. The minimum absolute atomic E-state index is 0.309. The van der Waals surface area contributed by atoms with E-state index in [-0.39, 0.29) is 0 Å². The Balaban J connectivity index is 1.46. The van der Waals surface area contributed by atoms with Crippen LogP contribution in [0, 0.1) is 12.8 Å². The van der Waals surface area contributed by atoms with Crippen LogP contribution in [0.15, 0.2) is 18.2 Å². The van der Waals surface area contributed by atoms with E-state index in [1.807, 2.05) is 11.3 Å². The number of rotatable bonds is 5. The second-order valence-corrected chi connectivity index (χ2v) is 10.1. The third kappa shape index (κ3) is 4.89. The molecule has 0 unspecified atom stereocenters. The van der Waals surface area contributed by atoms with Gasteiger partial charge in [0.1, 0.15) is 0 Å². The molecule has 0 atom stereocenters. The van der Waals surface area contributed by atoms with Crippen molar-refractivity contribution in [2.75, 3.05) is 20.1 Å². The molecule has 156 valence electrons. The number of aromatic nitrogens is 1. The standard InChI is InChI=1S/C24H32N2O2S/c1-16-23(21-9-8-18-11-13-26(2)14-12-20(18)15-21)25-24(29-16)19-6-3-17(4-7-19)5-10-22(27)28/h8-9,15,17,19H,3-7,10-14H2,1-2H3,(H,27,28)/t17-,19-. The van der Waals surface area contributed by atoms with Gasteiger partial charge in [0.25, 0.3) is 0 Å². The fourth-order valence-electron chi connectivity index (χ4n) is 4.87. The number of benzene rings is 1. The van der Waals surface area contributed by atoms with Crippen molar-refractivity contribution in [1.29, 1.82) is 0 Å². The molecule has 2 aliphatic rings. The third-order valence-corrected chi connectivity index (χ3v) is 7.91. The fourth-order valence-corrected chi connectivity index (χ4v) is 5.98. The van der Waals surface area contributed by atoms with Crippen molar-refractivity contribution in [3.63, 3.8) is 0 Å². The second kappa shape index (κ2) is 8.97. The summed E-state index contributed by atoms with van der Waals surface area (Å²) in [5.41, 5.74) is 5.41. The van der Waals surface area contributed by atoms with Gasteiger partial charge in [-0.15, -0.1) is 11.3 Å². The highest BCUT2D eigenvalue weighted by Crippen LogP contribution is 2.41. The highest BCUT2D eigenvalue weighted by molar-refractivity contribution is 7.12. The smallest absolute Gasteiger partial charge is 0.303 e. The van der Waals surface area contributed by atoms with Crippen LogP contribution in [0.4, 0.5) is 0 Å². The maximum Gasteiger partial charge on any atom is 0.303 e. The monoisotopic (exact) mass is 412 g/mol. The van der Waals surface area contributed by atoms with Crippen LogP contribution in [0.3, 0.4) is 0 Å². The number of likely N-dealkylation sites (N-methyl/N-ethyl adjacent to an activating group) is 1. The summed E-state index contributed by atoms with van der Waals surface area (Å²) in [5, 5.41) is 10.2. The number of carbonyl (C=O) groups is 1. The molecule has 2 aromatic rings. The Hall–Kier alpha value is -1.72. The summed E-state index contributed by atoms with van der Waals surface area (Å²) in [6.07, 6.45) is 7.96. The average molecular weight is 413 g/mol. The summed E-state index contributed by atoms with van der Waals surface area (Å²) in [4.78, 5) is 19.7. The summed E-state index contributed by atoms with van der Waals surface area (Å²) < 4.78 is 0. The van der Waals surface area contributed by atoms with Crippen LogP contribution in [0.2, 0.25) is 0 Å².